The van der Waals surface area contributed by atoms with Gasteiger partial charge in [0, 0.05) is 23.7 Å². The summed E-state index contributed by atoms with van der Waals surface area (Å²) in [5.41, 5.74) is 6.52. The van der Waals surface area contributed by atoms with Crippen LogP contribution in [0.5, 0.6) is 0 Å². The standard InChI is InChI=1S/C10H17N3OS/c1-3-12-10(14)7(2)13-6-9-8(11)4-5-15-9/h4-5,7,13H,3,6,11H2,1-2H3,(H,12,14). The zero-order valence-corrected chi connectivity index (χ0v) is 9.86. The van der Waals surface area contributed by atoms with Crippen LogP contribution in [0.15, 0.2) is 11.4 Å². The fraction of sp³-hybridized carbons (Fsp3) is 0.500. The highest BCUT2D eigenvalue weighted by Gasteiger charge is 2.11. The maximum absolute atomic E-state index is 11.4. The van der Waals surface area contributed by atoms with E-state index in [0.717, 1.165) is 10.6 Å². The van der Waals surface area contributed by atoms with Gasteiger partial charge in [0.1, 0.15) is 0 Å². The molecule has 1 aromatic rings. The van der Waals surface area contributed by atoms with E-state index in [9.17, 15) is 4.79 Å². The lowest BCUT2D eigenvalue weighted by atomic mass is 10.3. The fourth-order valence-corrected chi connectivity index (χ4v) is 1.91. The lowest BCUT2D eigenvalue weighted by Crippen LogP contribution is -2.41. The summed E-state index contributed by atoms with van der Waals surface area (Å²) in [4.78, 5) is 12.5. The number of anilines is 1. The molecule has 1 rings (SSSR count). The number of rotatable bonds is 5. The Hall–Kier alpha value is -1.07. The maximum atomic E-state index is 11.4. The Balaban J connectivity index is 2.37. The first-order valence-corrected chi connectivity index (χ1v) is 5.86. The maximum Gasteiger partial charge on any atom is 0.236 e. The number of likely N-dealkylation sites (N-methyl/N-ethyl adjacent to an activating group) is 1. The van der Waals surface area contributed by atoms with Crippen LogP contribution in [0.2, 0.25) is 0 Å². The van der Waals surface area contributed by atoms with Crippen molar-refractivity contribution >= 4 is 22.9 Å². The van der Waals surface area contributed by atoms with Crippen molar-refractivity contribution in [2.75, 3.05) is 12.3 Å². The largest absolute Gasteiger partial charge is 0.398 e. The summed E-state index contributed by atoms with van der Waals surface area (Å²) in [5.74, 6) is 0.0210. The molecule has 0 saturated carbocycles. The first kappa shape index (κ1) is 12.0. The van der Waals surface area contributed by atoms with Crippen molar-refractivity contribution in [3.63, 3.8) is 0 Å². The zero-order chi connectivity index (χ0) is 11.3. The number of hydrogen-bond acceptors (Lipinski definition) is 4. The molecule has 1 atom stereocenters. The molecule has 1 unspecified atom stereocenters. The van der Waals surface area contributed by atoms with Crippen molar-refractivity contribution < 1.29 is 4.79 Å². The summed E-state index contributed by atoms with van der Waals surface area (Å²) in [6.45, 7) is 5.05. The van der Waals surface area contributed by atoms with E-state index in [4.69, 9.17) is 5.73 Å². The van der Waals surface area contributed by atoms with E-state index in [1.807, 2.05) is 25.3 Å². The predicted molar refractivity (Wildman–Crippen MR) is 63.7 cm³/mol. The van der Waals surface area contributed by atoms with Gasteiger partial charge in [-0.1, -0.05) is 0 Å². The number of carbonyl (C=O) groups is 1. The fourth-order valence-electron chi connectivity index (χ4n) is 1.16. The molecular weight excluding hydrogens is 210 g/mol. The number of nitrogens with two attached hydrogens (primary N) is 1. The molecule has 0 bridgehead atoms. The van der Waals surface area contributed by atoms with Crippen molar-refractivity contribution in [2.45, 2.75) is 26.4 Å². The Kier molecular flexibility index (Phi) is 4.58. The van der Waals surface area contributed by atoms with Crippen molar-refractivity contribution in [3.05, 3.63) is 16.3 Å². The minimum absolute atomic E-state index is 0.0210. The average Bonchev–Trinajstić information content (AvgIpc) is 2.61. The number of hydrogen-bond donors (Lipinski definition) is 3. The van der Waals surface area contributed by atoms with Gasteiger partial charge in [-0.3, -0.25) is 4.79 Å². The lowest BCUT2D eigenvalue weighted by Gasteiger charge is -2.12. The summed E-state index contributed by atoms with van der Waals surface area (Å²) in [6, 6.07) is 1.69. The highest BCUT2D eigenvalue weighted by molar-refractivity contribution is 7.10. The van der Waals surface area contributed by atoms with Gasteiger partial charge in [0.25, 0.3) is 0 Å². The Morgan fingerprint density at radius 2 is 2.40 bits per heavy atom. The van der Waals surface area contributed by atoms with Crippen molar-refractivity contribution in [3.8, 4) is 0 Å². The van der Waals surface area contributed by atoms with Gasteiger partial charge in [0.05, 0.1) is 6.04 Å². The van der Waals surface area contributed by atoms with Crippen LogP contribution in [0.4, 0.5) is 5.69 Å². The molecule has 1 heterocycles. The minimum atomic E-state index is -0.188. The summed E-state index contributed by atoms with van der Waals surface area (Å²) >= 11 is 1.60. The summed E-state index contributed by atoms with van der Waals surface area (Å²) in [7, 11) is 0. The Bertz CT molecular complexity index is 324. The van der Waals surface area contributed by atoms with Crippen LogP contribution in [-0.4, -0.2) is 18.5 Å². The molecule has 1 aromatic heterocycles. The quantitative estimate of drug-likeness (QED) is 0.701. The third kappa shape index (κ3) is 3.53. The van der Waals surface area contributed by atoms with E-state index in [-0.39, 0.29) is 11.9 Å². The second-order valence-corrected chi connectivity index (χ2v) is 4.30. The van der Waals surface area contributed by atoms with Gasteiger partial charge in [0.2, 0.25) is 5.91 Å². The van der Waals surface area contributed by atoms with Crippen LogP contribution >= 0.6 is 11.3 Å². The van der Waals surface area contributed by atoms with Gasteiger partial charge in [-0.2, -0.15) is 0 Å². The van der Waals surface area contributed by atoms with Crippen molar-refractivity contribution in [1.29, 1.82) is 0 Å². The van der Waals surface area contributed by atoms with Gasteiger partial charge in [-0.05, 0) is 25.3 Å². The molecule has 0 aliphatic heterocycles. The molecule has 0 radical (unpaired) electrons. The van der Waals surface area contributed by atoms with Gasteiger partial charge < -0.3 is 16.4 Å². The monoisotopic (exact) mass is 227 g/mol. The molecule has 1 amide bonds. The Morgan fingerprint density at radius 3 is 2.93 bits per heavy atom. The topological polar surface area (TPSA) is 67.2 Å². The van der Waals surface area contributed by atoms with E-state index >= 15 is 0 Å². The molecule has 84 valence electrons. The first-order chi connectivity index (χ1) is 7.15. The van der Waals surface area contributed by atoms with Gasteiger partial charge in [0.15, 0.2) is 0 Å². The van der Waals surface area contributed by atoms with Crippen LogP contribution in [0.1, 0.15) is 18.7 Å². The van der Waals surface area contributed by atoms with Gasteiger partial charge in [-0.25, -0.2) is 0 Å². The summed E-state index contributed by atoms with van der Waals surface area (Å²) < 4.78 is 0. The number of carbonyl (C=O) groups excluding carboxylic acids is 1. The summed E-state index contributed by atoms with van der Waals surface area (Å²) in [6.07, 6.45) is 0. The normalized spacial score (nSPS) is 12.4. The smallest absolute Gasteiger partial charge is 0.236 e. The van der Waals surface area contributed by atoms with Crippen molar-refractivity contribution in [1.82, 2.24) is 10.6 Å². The van der Waals surface area contributed by atoms with Crippen LogP contribution in [0.3, 0.4) is 0 Å². The average molecular weight is 227 g/mol. The van der Waals surface area contributed by atoms with Crippen molar-refractivity contribution in [2.24, 2.45) is 0 Å². The number of thiophene rings is 1. The second kappa shape index (κ2) is 5.72. The highest BCUT2D eigenvalue weighted by Crippen LogP contribution is 2.18. The molecule has 4 N–H and O–H groups in total. The molecule has 0 aliphatic carbocycles. The molecule has 0 saturated heterocycles. The van der Waals surface area contributed by atoms with E-state index in [2.05, 4.69) is 10.6 Å². The molecule has 5 heteroatoms. The minimum Gasteiger partial charge on any atom is -0.398 e. The van der Waals surface area contributed by atoms with Crippen LogP contribution < -0.4 is 16.4 Å². The third-order valence-electron chi connectivity index (χ3n) is 2.09. The number of nitrogens with one attached hydrogen (secondary N) is 2. The molecule has 15 heavy (non-hydrogen) atoms. The Labute approximate surface area is 93.9 Å². The van der Waals surface area contributed by atoms with E-state index in [1.165, 1.54) is 0 Å². The van der Waals surface area contributed by atoms with E-state index in [0.29, 0.717) is 13.1 Å². The highest BCUT2D eigenvalue weighted by atomic mass is 32.1. The lowest BCUT2D eigenvalue weighted by molar-refractivity contribution is -0.122. The molecule has 0 fully saturated rings. The van der Waals surface area contributed by atoms with E-state index in [1.54, 1.807) is 11.3 Å². The van der Waals surface area contributed by atoms with Crippen LogP contribution in [0.25, 0.3) is 0 Å². The zero-order valence-electron chi connectivity index (χ0n) is 9.04. The van der Waals surface area contributed by atoms with Crippen LogP contribution in [-0.2, 0) is 11.3 Å². The first-order valence-electron chi connectivity index (χ1n) is 4.98. The van der Waals surface area contributed by atoms with Gasteiger partial charge in [-0.15, -0.1) is 11.3 Å². The number of amides is 1. The molecule has 0 aliphatic rings. The molecule has 0 spiro atoms. The molecule has 0 aromatic carbocycles. The second-order valence-electron chi connectivity index (χ2n) is 3.30. The number of nitrogen functional groups attached to an aromatic ring is 1. The molecule has 4 nitrogen and oxygen atoms in total. The predicted octanol–water partition coefficient (Wildman–Crippen LogP) is 0.944. The molecular formula is C10H17N3OS. The van der Waals surface area contributed by atoms with Crippen LogP contribution in [0, 0.1) is 0 Å². The Morgan fingerprint density at radius 1 is 1.67 bits per heavy atom. The van der Waals surface area contributed by atoms with Gasteiger partial charge >= 0.3 is 0 Å². The summed E-state index contributed by atoms with van der Waals surface area (Å²) in [5, 5.41) is 7.84. The van der Waals surface area contributed by atoms with E-state index < -0.39 is 0 Å². The SMILES string of the molecule is CCNC(=O)C(C)NCc1sccc1N. The third-order valence-corrected chi connectivity index (χ3v) is 3.03.